The van der Waals surface area contributed by atoms with Crippen LogP contribution in [0.2, 0.25) is 0 Å². The molecule has 0 atom stereocenters. The van der Waals surface area contributed by atoms with Crippen molar-refractivity contribution >= 4 is 28.4 Å². The molecule has 9 aromatic carbocycles. The van der Waals surface area contributed by atoms with E-state index in [9.17, 15) is 0 Å². The number of anilines is 5. The van der Waals surface area contributed by atoms with Gasteiger partial charge >= 0.3 is 0 Å². The Labute approximate surface area is 365 Å². The van der Waals surface area contributed by atoms with Crippen LogP contribution in [0.5, 0.6) is 0 Å². The van der Waals surface area contributed by atoms with Crippen LogP contribution in [0.3, 0.4) is 0 Å². The van der Waals surface area contributed by atoms with Gasteiger partial charge in [-0.25, -0.2) is 0 Å². The van der Waals surface area contributed by atoms with E-state index in [1.165, 1.54) is 61.3 Å². The normalized spacial score (nSPS) is 12.1. The van der Waals surface area contributed by atoms with Gasteiger partial charge in [0.2, 0.25) is 0 Å². The molecule has 2 heteroatoms. The summed E-state index contributed by atoms with van der Waals surface area (Å²) in [5.41, 5.74) is 19.0. The zero-order valence-electron chi connectivity index (χ0n) is 34.6. The van der Waals surface area contributed by atoms with Crippen molar-refractivity contribution < 1.29 is 0 Å². The van der Waals surface area contributed by atoms with E-state index in [1.54, 1.807) is 0 Å². The first kappa shape index (κ1) is 38.3. The van der Waals surface area contributed by atoms with Gasteiger partial charge < -0.3 is 9.80 Å². The van der Waals surface area contributed by atoms with Gasteiger partial charge in [0.1, 0.15) is 0 Å². The third kappa shape index (κ3) is 8.02. The van der Waals surface area contributed by atoms with Gasteiger partial charge in [0, 0.05) is 34.1 Å². The molecule has 0 bridgehead atoms. The Kier molecular flexibility index (Phi) is 10.9. The van der Waals surface area contributed by atoms with Crippen LogP contribution >= 0.6 is 0 Å². The summed E-state index contributed by atoms with van der Waals surface area (Å²) in [5.74, 6) is 0. The van der Waals surface area contributed by atoms with Gasteiger partial charge in [0.05, 0.1) is 0 Å². The summed E-state index contributed by atoms with van der Waals surface area (Å²) in [7, 11) is 0. The molecule has 0 N–H and O–H groups in total. The van der Waals surface area contributed by atoms with Crippen LogP contribution in [0, 0.1) is 0 Å². The minimum Gasteiger partial charge on any atom is -0.314 e. The SMILES string of the molecule is C1=CCCC(N(c2ccc(-c3ccccc3)cc2)c2ccc(-c3ccccc3-c3ccccc3-c3ccc(N(c4ccccc4)c4ccc(-c5ccccc5)cc4)cc3)cc2)=C1. The Hall–Kier alpha value is -7.94. The molecule has 0 radical (unpaired) electrons. The van der Waals surface area contributed by atoms with Gasteiger partial charge in [0.15, 0.2) is 0 Å². The molecular formula is C60H46N2. The zero-order valence-corrected chi connectivity index (χ0v) is 34.6. The maximum Gasteiger partial charge on any atom is 0.0462 e. The molecule has 1 aliphatic carbocycles. The third-order valence-corrected chi connectivity index (χ3v) is 11.8. The molecule has 0 fully saturated rings. The van der Waals surface area contributed by atoms with Crippen molar-refractivity contribution in [3.05, 3.63) is 261 Å². The number of hydrogen-bond acceptors (Lipinski definition) is 2. The average molecular weight is 795 g/mol. The summed E-state index contributed by atoms with van der Waals surface area (Å²) in [4.78, 5) is 4.73. The summed E-state index contributed by atoms with van der Waals surface area (Å²) >= 11 is 0. The molecule has 62 heavy (non-hydrogen) atoms. The summed E-state index contributed by atoms with van der Waals surface area (Å²) in [6.45, 7) is 0. The average Bonchev–Trinajstić information content (AvgIpc) is 3.36. The second-order valence-electron chi connectivity index (χ2n) is 15.6. The number of hydrogen-bond donors (Lipinski definition) is 0. The van der Waals surface area contributed by atoms with Crippen molar-refractivity contribution in [1.82, 2.24) is 0 Å². The lowest BCUT2D eigenvalue weighted by Crippen LogP contribution is -2.17. The summed E-state index contributed by atoms with van der Waals surface area (Å²) in [5, 5.41) is 0. The Balaban J connectivity index is 0.959. The maximum atomic E-state index is 2.41. The fraction of sp³-hybridized carbons (Fsp3) is 0.0333. The quantitative estimate of drug-likeness (QED) is 0.129. The van der Waals surface area contributed by atoms with Gasteiger partial charge in [-0.3, -0.25) is 0 Å². The molecule has 2 nitrogen and oxygen atoms in total. The molecular weight excluding hydrogens is 749 g/mol. The van der Waals surface area contributed by atoms with E-state index in [4.69, 9.17) is 0 Å². The number of nitrogens with zero attached hydrogens (tertiary/aromatic N) is 2. The number of para-hydroxylation sites is 1. The summed E-state index contributed by atoms with van der Waals surface area (Å²) in [6.07, 6.45) is 8.71. The Morgan fingerprint density at radius 1 is 0.258 bits per heavy atom. The molecule has 0 spiro atoms. The lowest BCUT2D eigenvalue weighted by atomic mass is 9.89. The van der Waals surface area contributed by atoms with E-state index in [0.717, 1.165) is 41.3 Å². The lowest BCUT2D eigenvalue weighted by molar-refractivity contribution is 0.918. The summed E-state index contributed by atoms with van der Waals surface area (Å²) < 4.78 is 0. The topological polar surface area (TPSA) is 6.48 Å². The molecule has 1 aliphatic rings. The highest BCUT2D eigenvalue weighted by molar-refractivity contribution is 5.92. The predicted octanol–water partition coefficient (Wildman–Crippen LogP) is 16.9. The van der Waals surface area contributed by atoms with Crippen LogP contribution in [-0.4, -0.2) is 0 Å². The molecule has 0 unspecified atom stereocenters. The van der Waals surface area contributed by atoms with Crippen LogP contribution in [0.4, 0.5) is 28.4 Å². The summed E-state index contributed by atoms with van der Waals surface area (Å²) in [6, 6.07) is 85.3. The molecule has 0 aliphatic heterocycles. The van der Waals surface area contributed by atoms with Crippen LogP contribution < -0.4 is 9.80 Å². The van der Waals surface area contributed by atoms with Crippen molar-refractivity contribution in [3.8, 4) is 55.6 Å². The van der Waals surface area contributed by atoms with Crippen LogP contribution in [-0.2, 0) is 0 Å². The molecule has 0 heterocycles. The highest BCUT2D eigenvalue weighted by Crippen LogP contribution is 2.42. The highest BCUT2D eigenvalue weighted by Gasteiger charge is 2.18. The zero-order chi connectivity index (χ0) is 41.5. The van der Waals surface area contributed by atoms with Crippen molar-refractivity contribution in [2.24, 2.45) is 0 Å². The molecule has 10 rings (SSSR count). The van der Waals surface area contributed by atoms with E-state index in [2.05, 4.69) is 265 Å². The molecule has 0 saturated heterocycles. The second kappa shape index (κ2) is 17.7. The first-order chi connectivity index (χ1) is 30.8. The Bertz CT molecular complexity index is 2950. The smallest absolute Gasteiger partial charge is 0.0462 e. The first-order valence-corrected chi connectivity index (χ1v) is 21.5. The number of allylic oxidation sites excluding steroid dienone is 4. The van der Waals surface area contributed by atoms with E-state index in [-0.39, 0.29) is 0 Å². The minimum absolute atomic E-state index is 0.991. The van der Waals surface area contributed by atoms with Gasteiger partial charge in [-0.1, -0.05) is 188 Å². The Morgan fingerprint density at radius 2 is 0.581 bits per heavy atom. The fourth-order valence-electron chi connectivity index (χ4n) is 8.67. The van der Waals surface area contributed by atoms with Crippen molar-refractivity contribution in [2.75, 3.05) is 9.80 Å². The lowest BCUT2D eigenvalue weighted by Gasteiger charge is -2.29. The third-order valence-electron chi connectivity index (χ3n) is 11.8. The first-order valence-electron chi connectivity index (χ1n) is 21.5. The Morgan fingerprint density at radius 3 is 0.984 bits per heavy atom. The van der Waals surface area contributed by atoms with E-state index >= 15 is 0 Å². The number of benzene rings is 9. The maximum absolute atomic E-state index is 2.41. The molecule has 296 valence electrons. The van der Waals surface area contributed by atoms with Gasteiger partial charge in [-0.05, 0) is 135 Å². The fourth-order valence-corrected chi connectivity index (χ4v) is 8.67. The van der Waals surface area contributed by atoms with E-state index in [0.29, 0.717) is 0 Å². The predicted molar refractivity (Wildman–Crippen MR) is 263 cm³/mol. The molecule has 0 amide bonds. The highest BCUT2D eigenvalue weighted by atomic mass is 15.2. The van der Waals surface area contributed by atoms with Gasteiger partial charge in [-0.2, -0.15) is 0 Å². The van der Waals surface area contributed by atoms with Gasteiger partial charge in [0.25, 0.3) is 0 Å². The molecule has 0 saturated carbocycles. The molecule has 0 aromatic heterocycles. The molecule has 9 aromatic rings. The largest absolute Gasteiger partial charge is 0.314 e. The van der Waals surface area contributed by atoms with Crippen molar-refractivity contribution in [2.45, 2.75) is 12.8 Å². The van der Waals surface area contributed by atoms with E-state index in [1.807, 2.05) is 0 Å². The monoisotopic (exact) mass is 794 g/mol. The van der Waals surface area contributed by atoms with Crippen LogP contribution in [0.1, 0.15) is 12.8 Å². The van der Waals surface area contributed by atoms with Gasteiger partial charge in [-0.15, -0.1) is 0 Å². The van der Waals surface area contributed by atoms with Crippen LogP contribution in [0.15, 0.2) is 261 Å². The second-order valence-corrected chi connectivity index (χ2v) is 15.6. The minimum atomic E-state index is 0.991. The number of rotatable bonds is 11. The van der Waals surface area contributed by atoms with Crippen molar-refractivity contribution in [1.29, 1.82) is 0 Å². The standard InChI is InChI=1S/C60H46N2/c1-5-17-45(18-6-1)47-29-37-53(38-30-47)61(51-21-9-3-10-22-51)55-41-33-49(34-42-55)57-25-13-15-27-59(57)60-28-16-14-26-58(60)50-35-43-56(44-36-50)62(52-23-11-4-12-24-52)54-39-31-48(32-40-54)46-19-7-2-8-20-46/h1-11,13-23,25-44H,12,24H2. The van der Waals surface area contributed by atoms with Crippen molar-refractivity contribution in [3.63, 3.8) is 0 Å². The van der Waals surface area contributed by atoms with Crippen LogP contribution in [0.25, 0.3) is 55.6 Å². The van der Waals surface area contributed by atoms with E-state index < -0.39 is 0 Å².